The maximum Gasteiger partial charge on any atom is 0.119 e. The molecule has 0 heterocycles. The molecule has 0 saturated carbocycles. The lowest BCUT2D eigenvalue weighted by Gasteiger charge is -2.08. The minimum Gasteiger partial charge on any atom is -0.491 e. The molecule has 0 aliphatic carbocycles. The number of rotatable bonds is 13. The molecule has 0 radical (unpaired) electrons. The number of ether oxygens (including phenoxy) is 3. The Kier molecular flexibility index (Phi) is 10.8. The van der Waals surface area contributed by atoms with E-state index in [1.54, 1.807) is 0 Å². The molecule has 4 nitrogen and oxygen atoms in total. The van der Waals surface area contributed by atoms with E-state index in [-0.39, 0.29) is 0 Å². The van der Waals surface area contributed by atoms with Gasteiger partial charge in [-0.25, -0.2) is 0 Å². The van der Waals surface area contributed by atoms with Gasteiger partial charge in [0.1, 0.15) is 12.4 Å². The fourth-order valence-electron chi connectivity index (χ4n) is 1.80. The van der Waals surface area contributed by atoms with Crippen LogP contribution in [0.2, 0.25) is 0 Å². The summed E-state index contributed by atoms with van der Waals surface area (Å²) in [6, 6.07) is 8.20. The van der Waals surface area contributed by atoms with Gasteiger partial charge in [0.25, 0.3) is 0 Å². The van der Waals surface area contributed by atoms with Gasteiger partial charge in [0.05, 0.1) is 19.8 Å². The van der Waals surface area contributed by atoms with Crippen molar-refractivity contribution in [3.63, 3.8) is 0 Å². The predicted octanol–water partition coefficient (Wildman–Crippen LogP) is 3.01. The zero-order valence-electron chi connectivity index (χ0n) is 13.4. The fourth-order valence-corrected chi connectivity index (χ4v) is 1.80. The summed E-state index contributed by atoms with van der Waals surface area (Å²) in [5.41, 5.74) is 1.28. The summed E-state index contributed by atoms with van der Waals surface area (Å²) in [4.78, 5) is 0. The van der Waals surface area contributed by atoms with Crippen LogP contribution in [0, 0.1) is 0 Å². The minimum absolute atomic E-state index is 0.571. The van der Waals surface area contributed by atoms with Gasteiger partial charge >= 0.3 is 0 Å². The minimum atomic E-state index is 0.571. The van der Waals surface area contributed by atoms with Crippen molar-refractivity contribution in [1.82, 2.24) is 5.32 Å². The van der Waals surface area contributed by atoms with Crippen LogP contribution in [0.1, 0.15) is 32.3 Å². The van der Waals surface area contributed by atoms with E-state index in [1.165, 1.54) is 5.56 Å². The Morgan fingerprint density at radius 1 is 0.810 bits per heavy atom. The normalized spacial score (nSPS) is 10.8. The number of hydrogen-bond donors (Lipinski definition) is 1. The van der Waals surface area contributed by atoms with Gasteiger partial charge in [-0.1, -0.05) is 26.0 Å². The molecule has 0 amide bonds. The van der Waals surface area contributed by atoms with Crippen molar-refractivity contribution in [2.75, 3.05) is 39.6 Å². The summed E-state index contributed by atoms with van der Waals surface area (Å²) in [6.07, 6.45) is 2.21. The van der Waals surface area contributed by atoms with Crippen LogP contribution >= 0.6 is 0 Å². The van der Waals surface area contributed by atoms with Crippen LogP contribution in [-0.2, 0) is 16.0 Å². The molecule has 0 fully saturated rings. The highest BCUT2D eigenvalue weighted by Gasteiger charge is 1.96. The second kappa shape index (κ2) is 12.6. The van der Waals surface area contributed by atoms with Gasteiger partial charge in [0, 0.05) is 13.2 Å². The first-order chi connectivity index (χ1) is 10.4. The first-order valence-electron chi connectivity index (χ1n) is 7.94. The Bertz CT molecular complexity index is 340. The van der Waals surface area contributed by atoms with E-state index in [0.29, 0.717) is 26.4 Å². The average molecular weight is 295 g/mol. The van der Waals surface area contributed by atoms with Crippen LogP contribution < -0.4 is 10.1 Å². The van der Waals surface area contributed by atoms with Crippen LogP contribution in [0.15, 0.2) is 24.3 Å². The Labute approximate surface area is 128 Å². The number of hydrogen-bond acceptors (Lipinski definition) is 4. The van der Waals surface area contributed by atoms with E-state index in [4.69, 9.17) is 14.2 Å². The molecule has 21 heavy (non-hydrogen) atoms. The first-order valence-corrected chi connectivity index (χ1v) is 7.94. The molecule has 1 rings (SSSR count). The second-order valence-corrected chi connectivity index (χ2v) is 4.89. The zero-order valence-corrected chi connectivity index (χ0v) is 13.4. The molecule has 0 bridgehead atoms. The fraction of sp³-hybridized carbons (Fsp3) is 0.647. The molecule has 0 aliphatic rings. The van der Waals surface area contributed by atoms with E-state index < -0.39 is 0 Å². The van der Waals surface area contributed by atoms with Crippen molar-refractivity contribution < 1.29 is 14.2 Å². The van der Waals surface area contributed by atoms with Gasteiger partial charge in [0.2, 0.25) is 0 Å². The van der Waals surface area contributed by atoms with Crippen molar-refractivity contribution in [1.29, 1.82) is 0 Å². The van der Waals surface area contributed by atoms with Crippen molar-refractivity contribution in [3.05, 3.63) is 29.8 Å². The third-order valence-corrected chi connectivity index (χ3v) is 2.90. The molecule has 120 valence electrons. The summed E-state index contributed by atoms with van der Waals surface area (Å²) >= 11 is 0. The SMILES string of the molecule is CCCNCc1ccc(OCCOCCOCCC)cc1. The van der Waals surface area contributed by atoms with E-state index in [2.05, 4.69) is 31.3 Å². The highest BCUT2D eigenvalue weighted by Crippen LogP contribution is 2.11. The summed E-state index contributed by atoms with van der Waals surface area (Å²) in [5.74, 6) is 0.889. The quantitative estimate of drug-likeness (QED) is 0.568. The lowest BCUT2D eigenvalue weighted by atomic mass is 10.2. The summed E-state index contributed by atoms with van der Waals surface area (Å²) in [5, 5.41) is 3.38. The van der Waals surface area contributed by atoms with Gasteiger partial charge in [-0.2, -0.15) is 0 Å². The molecular weight excluding hydrogens is 266 g/mol. The van der Waals surface area contributed by atoms with Crippen molar-refractivity contribution >= 4 is 0 Å². The summed E-state index contributed by atoms with van der Waals surface area (Å²) in [6.45, 7) is 9.49. The molecule has 1 aromatic carbocycles. The molecule has 0 aliphatic heterocycles. The average Bonchev–Trinajstić information content (AvgIpc) is 2.52. The molecule has 4 heteroatoms. The molecule has 0 aromatic heterocycles. The molecule has 0 spiro atoms. The topological polar surface area (TPSA) is 39.7 Å². The molecule has 1 N–H and O–H groups in total. The lowest BCUT2D eigenvalue weighted by Crippen LogP contribution is -2.13. The summed E-state index contributed by atoms with van der Waals surface area (Å²) < 4.78 is 16.4. The smallest absolute Gasteiger partial charge is 0.119 e. The monoisotopic (exact) mass is 295 g/mol. The number of nitrogens with one attached hydrogen (secondary N) is 1. The lowest BCUT2D eigenvalue weighted by molar-refractivity contribution is 0.0366. The Morgan fingerprint density at radius 3 is 2.14 bits per heavy atom. The third-order valence-electron chi connectivity index (χ3n) is 2.90. The van der Waals surface area contributed by atoms with Gasteiger partial charge in [0.15, 0.2) is 0 Å². The van der Waals surface area contributed by atoms with Crippen LogP contribution in [0.25, 0.3) is 0 Å². The van der Waals surface area contributed by atoms with Crippen LogP contribution in [-0.4, -0.2) is 39.6 Å². The standard InChI is InChI=1S/C17H29NO3/c1-3-9-18-15-16-5-7-17(8-6-16)21-14-13-20-12-11-19-10-4-2/h5-8,18H,3-4,9-15H2,1-2H3. The van der Waals surface area contributed by atoms with Crippen LogP contribution in [0.3, 0.4) is 0 Å². The van der Waals surface area contributed by atoms with Crippen LogP contribution in [0.4, 0.5) is 0 Å². The van der Waals surface area contributed by atoms with Gasteiger partial charge in [-0.15, -0.1) is 0 Å². The van der Waals surface area contributed by atoms with Gasteiger partial charge in [-0.05, 0) is 37.1 Å². The van der Waals surface area contributed by atoms with Gasteiger partial charge in [-0.3, -0.25) is 0 Å². The Morgan fingerprint density at radius 2 is 1.48 bits per heavy atom. The third kappa shape index (κ3) is 9.45. The molecule has 1 aromatic rings. The molecule has 0 saturated heterocycles. The van der Waals surface area contributed by atoms with Crippen molar-refractivity contribution in [2.24, 2.45) is 0 Å². The molecular formula is C17H29NO3. The second-order valence-electron chi connectivity index (χ2n) is 4.89. The highest BCUT2D eigenvalue weighted by molar-refractivity contribution is 5.27. The largest absolute Gasteiger partial charge is 0.491 e. The van der Waals surface area contributed by atoms with Crippen LogP contribution in [0.5, 0.6) is 5.75 Å². The van der Waals surface area contributed by atoms with E-state index >= 15 is 0 Å². The van der Waals surface area contributed by atoms with E-state index in [9.17, 15) is 0 Å². The van der Waals surface area contributed by atoms with Gasteiger partial charge < -0.3 is 19.5 Å². The predicted molar refractivity (Wildman–Crippen MR) is 85.9 cm³/mol. The maximum absolute atomic E-state index is 5.63. The highest BCUT2D eigenvalue weighted by atomic mass is 16.5. The number of benzene rings is 1. The summed E-state index contributed by atoms with van der Waals surface area (Å²) in [7, 11) is 0. The van der Waals surface area contributed by atoms with E-state index in [0.717, 1.165) is 38.3 Å². The maximum atomic E-state index is 5.63. The zero-order chi connectivity index (χ0) is 15.2. The van der Waals surface area contributed by atoms with Crippen molar-refractivity contribution in [2.45, 2.75) is 33.2 Å². The first kappa shape index (κ1) is 18.0. The molecule has 0 unspecified atom stereocenters. The molecule has 0 atom stereocenters. The van der Waals surface area contributed by atoms with E-state index in [1.807, 2.05) is 12.1 Å². The Hall–Kier alpha value is -1.10. The Balaban J connectivity index is 2.04. The van der Waals surface area contributed by atoms with Crippen molar-refractivity contribution in [3.8, 4) is 5.75 Å².